The van der Waals surface area contributed by atoms with E-state index in [4.69, 9.17) is 0 Å². The Bertz CT molecular complexity index is 1380. The van der Waals surface area contributed by atoms with Crippen LogP contribution in [0.4, 0.5) is 32.0 Å². The van der Waals surface area contributed by atoms with Gasteiger partial charge in [0.05, 0.1) is 28.9 Å². The molecule has 1 unspecified atom stereocenters. The van der Waals surface area contributed by atoms with Crippen LogP contribution in [-0.4, -0.2) is 29.7 Å². The molecule has 0 radical (unpaired) electrons. The molecule has 3 aromatic rings. The number of nitrogens with one attached hydrogen (secondary N) is 1. The van der Waals surface area contributed by atoms with E-state index in [1.54, 1.807) is 68.4 Å². The Morgan fingerprint density at radius 3 is 2.03 bits per heavy atom. The standard InChI is InChI=1S/C28H23F6N3O2/c1-16(2)37-22-11-7-6-10-21(22)24(18-8-4-3-5-9-18)36-25(26(37)39)35-23(38)14-17-12-19(27(29,30)31)15-20(13-17)28(32,33)34/h3-13,15-16,25H,14H2,1-2H3,(H,35,38). The average molecular weight is 547 g/mol. The summed E-state index contributed by atoms with van der Waals surface area (Å²) in [5, 5.41) is 2.41. The van der Waals surface area contributed by atoms with Crippen LogP contribution in [0.1, 0.15) is 41.7 Å². The summed E-state index contributed by atoms with van der Waals surface area (Å²) < 4.78 is 79.6. The van der Waals surface area contributed by atoms with Crippen molar-refractivity contribution < 1.29 is 35.9 Å². The van der Waals surface area contributed by atoms with Crippen LogP contribution in [0.15, 0.2) is 77.8 Å². The number of nitrogens with zero attached hydrogens (tertiary/aromatic N) is 2. The van der Waals surface area contributed by atoms with E-state index in [2.05, 4.69) is 10.3 Å². The minimum atomic E-state index is -5.05. The fourth-order valence-electron chi connectivity index (χ4n) is 4.35. The lowest BCUT2D eigenvalue weighted by molar-refractivity contribution is -0.143. The van der Waals surface area contributed by atoms with Crippen LogP contribution in [0.25, 0.3) is 0 Å². The largest absolute Gasteiger partial charge is 0.416 e. The van der Waals surface area contributed by atoms with E-state index < -0.39 is 53.4 Å². The summed E-state index contributed by atoms with van der Waals surface area (Å²) in [6, 6.07) is 16.5. The Balaban J connectivity index is 1.72. The Morgan fingerprint density at radius 1 is 0.897 bits per heavy atom. The van der Waals surface area contributed by atoms with Crippen molar-refractivity contribution in [2.75, 3.05) is 4.90 Å². The molecular weight excluding hydrogens is 524 g/mol. The monoisotopic (exact) mass is 547 g/mol. The number of halogens is 6. The molecule has 0 fully saturated rings. The first kappa shape index (κ1) is 27.9. The molecule has 5 nitrogen and oxygen atoms in total. The molecule has 0 saturated carbocycles. The van der Waals surface area contributed by atoms with E-state index in [1.807, 2.05) is 0 Å². The van der Waals surface area contributed by atoms with E-state index in [0.717, 1.165) is 0 Å². The molecular formula is C28H23F6N3O2. The zero-order chi connectivity index (χ0) is 28.5. The molecule has 1 aliphatic rings. The third-order valence-corrected chi connectivity index (χ3v) is 6.02. The average Bonchev–Trinajstić information content (AvgIpc) is 2.97. The minimum Gasteiger partial charge on any atom is -0.326 e. The second-order valence-corrected chi connectivity index (χ2v) is 9.22. The van der Waals surface area contributed by atoms with Gasteiger partial charge in [-0.1, -0.05) is 48.5 Å². The molecule has 4 rings (SSSR count). The smallest absolute Gasteiger partial charge is 0.326 e. The van der Waals surface area contributed by atoms with Gasteiger partial charge >= 0.3 is 12.4 Å². The lowest BCUT2D eigenvalue weighted by atomic mass is 10.00. The highest BCUT2D eigenvalue weighted by Gasteiger charge is 2.38. The topological polar surface area (TPSA) is 61.8 Å². The number of anilines is 1. The summed E-state index contributed by atoms with van der Waals surface area (Å²) in [6.45, 7) is 3.53. The lowest BCUT2D eigenvalue weighted by Crippen LogP contribution is -2.50. The molecule has 1 heterocycles. The number of hydrogen-bond acceptors (Lipinski definition) is 3. The van der Waals surface area contributed by atoms with Crippen LogP contribution < -0.4 is 10.2 Å². The van der Waals surface area contributed by atoms with Crippen LogP contribution in [0.3, 0.4) is 0 Å². The summed E-state index contributed by atoms with van der Waals surface area (Å²) in [6.07, 6.45) is -12.4. The maximum Gasteiger partial charge on any atom is 0.416 e. The highest BCUT2D eigenvalue weighted by Crippen LogP contribution is 2.36. The molecule has 204 valence electrons. The van der Waals surface area contributed by atoms with Crippen molar-refractivity contribution in [3.8, 4) is 0 Å². The van der Waals surface area contributed by atoms with Crippen molar-refractivity contribution in [1.29, 1.82) is 0 Å². The number of rotatable bonds is 5. The summed E-state index contributed by atoms with van der Waals surface area (Å²) >= 11 is 0. The molecule has 0 bridgehead atoms. The van der Waals surface area contributed by atoms with Gasteiger partial charge in [0.25, 0.3) is 5.91 Å². The van der Waals surface area contributed by atoms with Crippen molar-refractivity contribution in [2.45, 2.75) is 44.8 Å². The van der Waals surface area contributed by atoms with Gasteiger partial charge in [-0.2, -0.15) is 26.3 Å². The molecule has 1 atom stereocenters. The second-order valence-electron chi connectivity index (χ2n) is 9.22. The number of amides is 2. The third kappa shape index (κ3) is 6.13. The lowest BCUT2D eigenvalue weighted by Gasteiger charge is -2.29. The number of carbonyl (C=O) groups is 2. The first-order chi connectivity index (χ1) is 18.3. The van der Waals surface area contributed by atoms with Crippen LogP contribution >= 0.6 is 0 Å². The van der Waals surface area contributed by atoms with Gasteiger partial charge in [0.1, 0.15) is 0 Å². The van der Waals surface area contributed by atoms with E-state index >= 15 is 0 Å². The van der Waals surface area contributed by atoms with Crippen molar-refractivity contribution in [1.82, 2.24) is 5.32 Å². The van der Waals surface area contributed by atoms with E-state index in [9.17, 15) is 35.9 Å². The molecule has 3 aromatic carbocycles. The van der Waals surface area contributed by atoms with Crippen molar-refractivity contribution >= 4 is 23.2 Å². The maximum absolute atomic E-state index is 13.6. The zero-order valence-electron chi connectivity index (χ0n) is 20.8. The Kier molecular flexibility index (Phi) is 7.54. The molecule has 0 aromatic heterocycles. The highest BCUT2D eigenvalue weighted by atomic mass is 19.4. The van der Waals surface area contributed by atoms with Crippen LogP contribution in [0.2, 0.25) is 0 Å². The van der Waals surface area contributed by atoms with Gasteiger partial charge < -0.3 is 10.2 Å². The fourth-order valence-corrected chi connectivity index (χ4v) is 4.35. The van der Waals surface area contributed by atoms with Gasteiger partial charge in [-0.15, -0.1) is 0 Å². The number of benzodiazepines with no additional fused rings is 1. The van der Waals surface area contributed by atoms with Gasteiger partial charge in [-0.25, -0.2) is 4.99 Å². The number of para-hydroxylation sites is 1. The molecule has 39 heavy (non-hydrogen) atoms. The first-order valence-electron chi connectivity index (χ1n) is 11.9. The molecule has 0 saturated heterocycles. The normalized spacial score (nSPS) is 16.0. The van der Waals surface area contributed by atoms with Gasteiger partial charge in [0.15, 0.2) is 0 Å². The number of fused-ring (bicyclic) bond motifs is 1. The highest BCUT2D eigenvalue weighted by molar-refractivity contribution is 6.20. The third-order valence-electron chi connectivity index (χ3n) is 6.02. The molecule has 11 heteroatoms. The predicted octanol–water partition coefficient (Wildman–Crippen LogP) is 6.00. The Hall–Kier alpha value is -4.15. The summed E-state index contributed by atoms with van der Waals surface area (Å²) in [5.74, 6) is -1.57. The summed E-state index contributed by atoms with van der Waals surface area (Å²) in [7, 11) is 0. The molecule has 1 N–H and O–H groups in total. The number of hydrogen-bond donors (Lipinski definition) is 1. The Morgan fingerprint density at radius 2 is 1.46 bits per heavy atom. The van der Waals surface area contributed by atoms with Crippen molar-refractivity contribution in [3.63, 3.8) is 0 Å². The van der Waals surface area contributed by atoms with Crippen LogP contribution in [0.5, 0.6) is 0 Å². The minimum absolute atomic E-state index is 0.00953. The quantitative estimate of drug-likeness (QED) is 0.399. The van der Waals surface area contributed by atoms with Crippen LogP contribution in [-0.2, 0) is 28.4 Å². The number of alkyl halides is 6. The van der Waals surface area contributed by atoms with E-state index in [-0.39, 0.29) is 12.1 Å². The fraction of sp³-hybridized carbons (Fsp3) is 0.250. The number of benzene rings is 3. The number of aliphatic imine (C=N–C) groups is 1. The Labute approximate surface area is 220 Å². The van der Waals surface area contributed by atoms with Gasteiger partial charge in [-0.3, -0.25) is 9.59 Å². The van der Waals surface area contributed by atoms with Gasteiger partial charge in [0.2, 0.25) is 12.1 Å². The zero-order valence-corrected chi connectivity index (χ0v) is 20.8. The summed E-state index contributed by atoms with van der Waals surface area (Å²) in [5.41, 5.74) is -1.36. The SMILES string of the molecule is CC(C)N1C(=O)C(NC(=O)Cc2cc(C(F)(F)F)cc(C(F)(F)F)c2)N=C(c2ccccc2)c2ccccc21. The molecule has 2 amide bonds. The second kappa shape index (κ2) is 10.5. The maximum atomic E-state index is 13.6. The predicted molar refractivity (Wildman–Crippen MR) is 133 cm³/mol. The molecule has 0 aliphatic carbocycles. The molecule has 0 spiro atoms. The van der Waals surface area contributed by atoms with Gasteiger partial charge in [0, 0.05) is 17.2 Å². The van der Waals surface area contributed by atoms with Crippen LogP contribution in [0, 0.1) is 0 Å². The van der Waals surface area contributed by atoms with Crippen molar-refractivity contribution in [3.05, 3.63) is 101 Å². The number of carbonyl (C=O) groups excluding carboxylic acids is 2. The molecule has 1 aliphatic heterocycles. The van der Waals surface area contributed by atoms with E-state index in [0.29, 0.717) is 34.7 Å². The van der Waals surface area contributed by atoms with E-state index in [1.165, 1.54) is 4.90 Å². The van der Waals surface area contributed by atoms with Gasteiger partial charge in [-0.05, 0) is 43.7 Å². The van der Waals surface area contributed by atoms with Crippen molar-refractivity contribution in [2.24, 2.45) is 4.99 Å². The first-order valence-corrected chi connectivity index (χ1v) is 11.9. The summed E-state index contributed by atoms with van der Waals surface area (Å²) in [4.78, 5) is 32.5.